The molecule has 4 nitrogen and oxygen atoms in total. The van der Waals surface area contributed by atoms with Crippen molar-refractivity contribution in [1.29, 1.82) is 0 Å². The molecule has 0 unspecified atom stereocenters. The van der Waals surface area contributed by atoms with Crippen molar-refractivity contribution in [2.75, 3.05) is 12.4 Å². The van der Waals surface area contributed by atoms with Crippen LogP contribution in [0, 0.1) is 0 Å². The first kappa shape index (κ1) is 12.1. The lowest BCUT2D eigenvalue weighted by Gasteiger charge is -2.08. The van der Waals surface area contributed by atoms with E-state index < -0.39 is 16.1 Å². The summed E-state index contributed by atoms with van der Waals surface area (Å²) >= 11 is 4.19. The van der Waals surface area contributed by atoms with Crippen LogP contribution in [0.5, 0.6) is 0 Å². The standard InChI is InChI=1S/C7H10BrNO3S2/c1-9-14(11,12)7-5(2-3-13-7)6(10)4-8/h2-3,6,9-10H,4H2,1H3/t6-/m1/s1. The molecule has 0 aliphatic rings. The van der Waals surface area contributed by atoms with Crippen molar-refractivity contribution in [1.82, 2.24) is 4.72 Å². The highest BCUT2D eigenvalue weighted by atomic mass is 79.9. The van der Waals surface area contributed by atoms with Crippen LogP contribution in [0.1, 0.15) is 11.7 Å². The number of sulfonamides is 1. The fourth-order valence-electron chi connectivity index (χ4n) is 0.947. The Balaban J connectivity index is 3.17. The van der Waals surface area contributed by atoms with E-state index in [1.165, 1.54) is 7.05 Å². The minimum absolute atomic E-state index is 0.173. The molecule has 0 spiro atoms. The molecule has 0 aromatic carbocycles. The average molecular weight is 300 g/mol. The van der Waals surface area contributed by atoms with Crippen molar-refractivity contribution in [2.24, 2.45) is 0 Å². The lowest BCUT2D eigenvalue weighted by Crippen LogP contribution is -2.19. The molecule has 0 amide bonds. The fraction of sp³-hybridized carbons (Fsp3) is 0.429. The molecule has 1 aromatic heterocycles. The van der Waals surface area contributed by atoms with Crippen LogP contribution in [0.2, 0.25) is 0 Å². The smallest absolute Gasteiger partial charge is 0.250 e. The van der Waals surface area contributed by atoms with Crippen molar-refractivity contribution >= 4 is 37.3 Å². The van der Waals surface area contributed by atoms with Crippen molar-refractivity contribution < 1.29 is 13.5 Å². The van der Waals surface area contributed by atoms with E-state index >= 15 is 0 Å². The van der Waals surface area contributed by atoms with Crippen LogP contribution < -0.4 is 4.72 Å². The minimum Gasteiger partial charge on any atom is -0.387 e. The number of rotatable bonds is 4. The van der Waals surface area contributed by atoms with Crippen LogP contribution >= 0.6 is 27.3 Å². The van der Waals surface area contributed by atoms with Gasteiger partial charge >= 0.3 is 0 Å². The highest BCUT2D eigenvalue weighted by Crippen LogP contribution is 2.28. The third-order valence-corrected chi connectivity index (χ3v) is 5.22. The molecule has 1 atom stereocenters. The third-order valence-electron chi connectivity index (χ3n) is 1.68. The highest BCUT2D eigenvalue weighted by Gasteiger charge is 2.22. The number of thiophene rings is 1. The molecule has 0 saturated heterocycles. The zero-order valence-corrected chi connectivity index (χ0v) is 10.6. The van der Waals surface area contributed by atoms with Gasteiger partial charge in [0.05, 0.1) is 6.10 Å². The zero-order valence-electron chi connectivity index (χ0n) is 7.40. The van der Waals surface area contributed by atoms with E-state index in [1.807, 2.05) is 0 Å². The predicted molar refractivity (Wildman–Crippen MR) is 59.3 cm³/mol. The second-order valence-corrected chi connectivity index (χ2v) is 6.19. The lowest BCUT2D eigenvalue weighted by atomic mass is 10.2. The Morgan fingerprint density at radius 3 is 2.86 bits per heavy atom. The largest absolute Gasteiger partial charge is 0.387 e. The SMILES string of the molecule is CNS(=O)(=O)c1sccc1[C@H](O)CBr. The van der Waals surface area contributed by atoms with Crippen molar-refractivity contribution in [3.05, 3.63) is 17.0 Å². The molecule has 0 radical (unpaired) electrons. The second kappa shape index (κ2) is 4.71. The van der Waals surface area contributed by atoms with Gasteiger partial charge in [-0.3, -0.25) is 0 Å². The molecule has 0 saturated carbocycles. The summed E-state index contributed by atoms with van der Waals surface area (Å²) in [4.78, 5) is 0. The second-order valence-electron chi connectivity index (χ2n) is 2.54. The summed E-state index contributed by atoms with van der Waals surface area (Å²) < 4.78 is 25.3. The van der Waals surface area contributed by atoms with E-state index in [2.05, 4.69) is 20.7 Å². The molecule has 0 aliphatic heterocycles. The van der Waals surface area contributed by atoms with E-state index in [4.69, 9.17) is 0 Å². The monoisotopic (exact) mass is 299 g/mol. The number of hydrogen-bond acceptors (Lipinski definition) is 4. The maximum Gasteiger partial charge on any atom is 0.250 e. The van der Waals surface area contributed by atoms with Gasteiger partial charge in [0, 0.05) is 10.9 Å². The van der Waals surface area contributed by atoms with Crippen LogP contribution in [0.3, 0.4) is 0 Å². The summed E-state index contributed by atoms with van der Waals surface area (Å²) in [7, 11) is -2.11. The number of halogens is 1. The normalized spacial score (nSPS) is 14.2. The van der Waals surface area contributed by atoms with Gasteiger partial charge in [0.25, 0.3) is 0 Å². The van der Waals surface area contributed by atoms with E-state index in [0.717, 1.165) is 11.3 Å². The number of alkyl halides is 1. The Labute approximate surface area is 95.1 Å². The number of nitrogens with one attached hydrogen (secondary N) is 1. The van der Waals surface area contributed by atoms with Crippen LogP contribution in [0.4, 0.5) is 0 Å². The van der Waals surface area contributed by atoms with Gasteiger partial charge in [-0.25, -0.2) is 13.1 Å². The Hall–Kier alpha value is 0.0500. The zero-order chi connectivity index (χ0) is 10.8. The fourth-order valence-corrected chi connectivity index (χ4v) is 3.60. The van der Waals surface area contributed by atoms with Gasteiger partial charge in [0.15, 0.2) is 0 Å². The average Bonchev–Trinajstić information content (AvgIpc) is 2.65. The first-order chi connectivity index (χ1) is 6.53. The highest BCUT2D eigenvalue weighted by molar-refractivity contribution is 9.09. The molecule has 80 valence electrons. The molecular formula is C7H10BrNO3S2. The first-order valence-electron chi connectivity index (χ1n) is 3.78. The van der Waals surface area contributed by atoms with Gasteiger partial charge in [0.1, 0.15) is 4.21 Å². The molecule has 1 rings (SSSR count). The number of aliphatic hydroxyl groups excluding tert-OH is 1. The molecular weight excluding hydrogens is 290 g/mol. The molecule has 0 bridgehead atoms. The topological polar surface area (TPSA) is 66.4 Å². The van der Waals surface area contributed by atoms with Crippen molar-refractivity contribution in [3.8, 4) is 0 Å². The third kappa shape index (κ3) is 2.34. The maximum atomic E-state index is 11.5. The first-order valence-corrected chi connectivity index (χ1v) is 7.26. The summed E-state index contributed by atoms with van der Waals surface area (Å²) in [5.74, 6) is 0. The van der Waals surface area contributed by atoms with Crippen LogP contribution in [0.15, 0.2) is 15.7 Å². The van der Waals surface area contributed by atoms with E-state index in [-0.39, 0.29) is 4.21 Å². The molecule has 0 fully saturated rings. The summed E-state index contributed by atoms with van der Waals surface area (Å²) in [5.41, 5.74) is 0.432. The number of hydrogen-bond donors (Lipinski definition) is 2. The summed E-state index contributed by atoms with van der Waals surface area (Å²) in [6, 6.07) is 1.61. The molecule has 1 aromatic rings. The molecule has 7 heteroatoms. The Bertz CT molecular complexity index is 401. The number of aliphatic hydroxyl groups is 1. The Kier molecular flexibility index (Phi) is 4.08. The minimum atomic E-state index is -3.45. The van der Waals surface area contributed by atoms with E-state index in [1.54, 1.807) is 11.4 Å². The van der Waals surface area contributed by atoms with Gasteiger partial charge in [-0.2, -0.15) is 0 Å². The van der Waals surface area contributed by atoms with Crippen LogP contribution in [-0.4, -0.2) is 25.9 Å². The summed E-state index contributed by atoms with van der Waals surface area (Å²) in [6.45, 7) is 0. The van der Waals surface area contributed by atoms with Crippen molar-refractivity contribution in [3.63, 3.8) is 0 Å². The quantitative estimate of drug-likeness (QED) is 0.818. The lowest BCUT2D eigenvalue weighted by molar-refractivity contribution is 0.203. The molecule has 1 heterocycles. The predicted octanol–water partition coefficient (Wildman–Crippen LogP) is 1.08. The van der Waals surface area contributed by atoms with E-state index in [9.17, 15) is 13.5 Å². The summed E-state index contributed by atoms with van der Waals surface area (Å²) in [6.07, 6.45) is -0.792. The van der Waals surface area contributed by atoms with E-state index in [0.29, 0.717) is 10.9 Å². The van der Waals surface area contributed by atoms with Gasteiger partial charge < -0.3 is 5.11 Å². The van der Waals surface area contributed by atoms with Gasteiger partial charge in [-0.05, 0) is 18.5 Å². The van der Waals surface area contributed by atoms with Gasteiger partial charge in [-0.15, -0.1) is 11.3 Å². The Morgan fingerprint density at radius 2 is 2.36 bits per heavy atom. The summed E-state index contributed by atoms with van der Waals surface area (Å²) in [5, 5.41) is 11.5. The van der Waals surface area contributed by atoms with Gasteiger partial charge in [-0.1, -0.05) is 15.9 Å². The Morgan fingerprint density at radius 1 is 1.71 bits per heavy atom. The van der Waals surface area contributed by atoms with Crippen molar-refractivity contribution in [2.45, 2.75) is 10.3 Å². The molecule has 0 aliphatic carbocycles. The van der Waals surface area contributed by atoms with Crippen LogP contribution in [-0.2, 0) is 10.0 Å². The van der Waals surface area contributed by atoms with Crippen LogP contribution in [0.25, 0.3) is 0 Å². The molecule has 14 heavy (non-hydrogen) atoms. The molecule has 2 N–H and O–H groups in total. The van der Waals surface area contributed by atoms with Gasteiger partial charge in [0.2, 0.25) is 10.0 Å². The maximum absolute atomic E-state index is 11.5.